The first-order valence-corrected chi connectivity index (χ1v) is 9.39. The van der Waals surface area contributed by atoms with Gasteiger partial charge in [0, 0.05) is 18.7 Å². The highest BCUT2D eigenvalue weighted by Crippen LogP contribution is 2.22. The third-order valence-corrected chi connectivity index (χ3v) is 4.65. The molecule has 1 N–H and O–H groups in total. The Morgan fingerprint density at radius 1 is 1.28 bits per heavy atom. The van der Waals surface area contributed by atoms with Gasteiger partial charge in [-0.2, -0.15) is 10.4 Å². The molecule has 0 bridgehead atoms. The summed E-state index contributed by atoms with van der Waals surface area (Å²) in [7, 11) is 0. The maximum absolute atomic E-state index is 12.3. The van der Waals surface area contributed by atoms with Gasteiger partial charge < -0.3 is 9.64 Å². The second-order valence-corrected chi connectivity index (χ2v) is 6.77. The van der Waals surface area contributed by atoms with E-state index >= 15 is 0 Å². The van der Waals surface area contributed by atoms with Crippen LogP contribution in [0.25, 0.3) is 0 Å². The fourth-order valence-electron chi connectivity index (χ4n) is 2.98. The lowest BCUT2D eigenvalue weighted by atomic mass is 10.1. The summed E-state index contributed by atoms with van der Waals surface area (Å²) in [4.78, 5) is 26.0. The molecule has 3 rings (SSSR count). The van der Waals surface area contributed by atoms with Gasteiger partial charge in [-0.1, -0.05) is 12.1 Å². The Morgan fingerprint density at radius 3 is 2.69 bits per heavy atom. The van der Waals surface area contributed by atoms with Gasteiger partial charge in [0.05, 0.1) is 17.3 Å². The Bertz CT molecular complexity index is 976. The van der Waals surface area contributed by atoms with Crippen molar-refractivity contribution in [3.05, 3.63) is 59.7 Å². The third-order valence-electron chi connectivity index (χ3n) is 4.65. The summed E-state index contributed by atoms with van der Waals surface area (Å²) in [5.41, 5.74) is 5.31. The van der Waals surface area contributed by atoms with Gasteiger partial charge in [-0.15, -0.1) is 0 Å². The quantitative estimate of drug-likeness (QED) is 0.606. The molecule has 2 aromatic rings. The molecular weight excluding hydrogens is 368 g/mol. The SMILES string of the molecule is C/C(=N/NC(=O)[C@H](C)Oc1ccc(C#N)cc1)c1cccc(N2CCCC2=O)c1. The monoisotopic (exact) mass is 390 g/mol. The highest BCUT2D eigenvalue weighted by molar-refractivity contribution is 6.02. The van der Waals surface area contributed by atoms with Crippen LogP contribution in [-0.2, 0) is 9.59 Å². The van der Waals surface area contributed by atoms with Crippen LogP contribution in [0.15, 0.2) is 53.6 Å². The number of nitrogens with one attached hydrogen (secondary N) is 1. The Kier molecular flexibility index (Phi) is 6.25. The van der Waals surface area contributed by atoms with E-state index in [0.717, 1.165) is 24.2 Å². The van der Waals surface area contributed by atoms with E-state index in [4.69, 9.17) is 10.00 Å². The minimum absolute atomic E-state index is 0.124. The molecule has 1 heterocycles. The van der Waals surface area contributed by atoms with Crippen LogP contribution in [-0.4, -0.2) is 30.2 Å². The van der Waals surface area contributed by atoms with Gasteiger partial charge in [0.2, 0.25) is 5.91 Å². The van der Waals surface area contributed by atoms with Crippen LogP contribution in [0.1, 0.15) is 37.8 Å². The van der Waals surface area contributed by atoms with Crippen LogP contribution in [0.3, 0.4) is 0 Å². The Hall–Kier alpha value is -3.66. The fourth-order valence-corrected chi connectivity index (χ4v) is 2.98. The summed E-state index contributed by atoms with van der Waals surface area (Å²) in [6.07, 6.45) is 0.682. The highest BCUT2D eigenvalue weighted by atomic mass is 16.5. The van der Waals surface area contributed by atoms with E-state index in [1.807, 2.05) is 30.3 Å². The molecule has 1 saturated heterocycles. The van der Waals surface area contributed by atoms with Crippen LogP contribution < -0.4 is 15.1 Å². The van der Waals surface area contributed by atoms with Crippen LogP contribution in [0.2, 0.25) is 0 Å². The second-order valence-electron chi connectivity index (χ2n) is 6.77. The van der Waals surface area contributed by atoms with Crippen LogP contribution in [0, 0.1) is 11.3 Å². The molecule has 0 spiro atoms. The standard InChI is InChI=1S/C22H22N4O3/c1-15(18-5-3-6-19(13-18)26-12-4-7-21(26)27)24-25-22(28)16(2)29-20-10-8-17(14-23)9-11-20/h3,5-6,8-11,13,16H,4,7,12H2,1-2H3,(H,25,28)/b24-15-/t16-/m0/s1. The molecule has 2 aromatic carbocycles. The number of benzene rings is 2. The van der Waals surface area contributed by atoms with Crippen LogP contribution >= 0.6 is 0 Å². The Labute approximate surface area is 169 Å². The van der Waals surface area contributed by atoms with Crippen molar-refractivity contribution in [3.63, 3.8) is 0 Å². The first-order valence-electron chi connectivity index (χ1n) is 9.39. The van der Waals surface area contributed by atoms with E-state index in [2.05, 4.69) is 10.5 Å². The van der Waals surface area contributed by atoms with Crippen LogP contribution in [0.4, 0.5) is 5.69 Å². The smallest absolute Gasteiger partial charge is 0.280 e. The average molecular weight is 390 g/mol. The van der Waals surface area contributed by atoms with Crippen molar-refractivity contribution in [2.45, 2.75) is 32.8 Å². The molecular formula is C22H22N4O3. The van der Waals surface area contributed by atoms with Gasteiger partial charge in [-0.05, 0) is 62.2 Å². The molecule has 0 radical (unpaired) electrons. The fraction of sp³-hybridized carbons (Fsp3) is 0.273. The predicted molar refractivity (Wildman–Crippen MR) is 110 cm³/mol. The lowest BCUT2D eigenvalue weighted by Gasteiger charge is -2.16. The molecule has 0 saturated carbocycles. The molecule has 1 aliphatic heterocycles. The first kappa shape index (κ1) is 20.1. The van der Waals surface area contributed by atoms with Gasteiger partial charge >= 0.3 is 0 Å². The first-order chi connectivity index (χ1) is 14.0. The molecule has 0 aromatic heterocycles. The molecule has 1 aliphatic rings. The lowest BCUT2D eigenvalue weighted by Crippen LogP contribution is -2.34. The van der Waals surface area contributed by atoms with Crippen molar-refractivity contribution >= 4 is 23.2 Å². The maximum atomic E-state index is 12.3. The summed E-state index contributed by atoms with van der Waals surface area (Å²) < 4.78 is 5.58. The van der Waals surface area contributed by atoms with E-state index in [9.17, 15) is 9.59 Å². The summed E-state index contributed by atoms with van der Waals surface area (Å²) in [6, 6.07) is 16.1. The summed E-state index contributed by atoms with van der Waals surface area (Å²) >= 11 is 0. The van der Waals surface area contributed by atoms with Crippen LogP contribution in [0.5, 0.6) is 5.75 Å². The van der Waals surface area contributed by atoms with E-state index in [-0.39, 0.29) is 11.8 Å². The number of rotatable bonds is 6. The van der Waals surface area contributed by atoms with E-state index in [1.54, 1.807) is 43.0 Å². The number of ether oxygens (including phenoxy) is 1. The molecule has 0 unspecified atom stereocenters. The van der Waals surface area contributed by atoms with Crippen molar-refractivity contribution in [3.8, 4) is 11.8 Å². The minimum atomic E-state index is -0.756. The normalized spacial score (nSPS) is 15.0. The molecule has 1 atom stereocenters. The van der Waals surface area contributed by atoms with Crippen molar-refractivity contribution in [1.82, 2.24) is 5.43 Å². The van der Waals surface area contributed by atoms with E-state index in [1.165, 1.54) is 0 Å². The summed E-state index contributed by atoms with van der Waals surface area (Å²) in [5.74, 6) is 0.230. The van der Waals surface area contributed by atoms with Crippen molar-refractivity contribution in [1.29, 1.82) is 5.26 Å². The van der Waals surface area contributed by atoms with Gasteiger partial charge in [-0.3, -0.25) is 9.59 Å². The minimum Gasteiger partial charge on any atom is -0.481 e. The number of carbonyl (C=O) groups is 2. The average Bonchev–Trinajstić information content (AvgIpc) is 3.18. The molecule has 7 heteroatoms. The zero-order chi connectivity index (χ0) is 20.8. The van der Waals surface area contributed by atoms with Gasteiger partial charge in [0.1, 0.15) is 5.75 Å². The number of hydrogen-bond acceptors (Lipinski definition) is 5. The lowest BCUT2D eigenvalue weighted by molar-refractivity contribution is -0.127. The molecule has 7 nitrogen and oxygen atoms in total. The number of amides is 2. The number of nitriles is 1. The predicted octanol–water partition coefficient (Wildman–Crippen LogP) is 2.99. The van der Waals surface area contributed by atoms with E-state index in [0.29, 0.717) is 23.4 Å². The Balaban J connectivity index is 1.61. The number of carbonyl (C=O) groups excluding carboxylic acids is 2. The van der Waals surface area contributed by atoms with Crippen molar-refractivity contribution < 1.29 is 14.3 Å². The Morgan fingerprint density at radius 2 is 2.03 bits per heavy atom. The number of hydrazone groups is 1. The third kappa shape index (κ3) is 4.99. The topological polar surface area (TPSA) is 94.8 Å². The number of nitrogens with zero attached hydrogens (tertiary/aromatic N) is 3. The van der Waals surface area contributed by atoms with E-state index < -0.39 is 6.10 Å². The number of anilines is 1. The zero-order valence-electron chi connectivity index (χ0n) is 16.4. The summed E-state index contributed by atoms with van der Waals surface area (Å²) in [6.45, 7) is 4.13. The van der Waals surface area contributed by atoms with Crippen molar-refractivity contribution in [2.24, 2.45) is 5.10 Å². The number of hydrogen-bond donors (Lipinski definition) is 1. The maximum Gasteiger partial charge on any atom is 0.280 e. The van der Waals surface area contributed by atoms with Gasteiger partial charge in [0.15, 0.2) is 6.10 Å². The van der Waals surface area contributed by atoms with Gasteiger partial charge in [0.25, 0.3) is 5.91 Å². The summed E-state index contributed by atoms with van der Waals surface area (Å²) in [5, 5.41) is 13.0. The highest BCUT2D eigenvalue weighted by Gasteiger charge is 2.22. The largest absolute Gasteiger partial charge is 0.481 e. The van der Waals surface area contributed by atoms with Gasteiger partial charge in [-0.25, -0.2) is 5.43 Å². The molecule has 148 valence electrons. The molecule has 2 amide bonds. The molecule has 0 aliphatic carbocycles. The van der Waals surface area contributed by atoms with Crippen molar-refractivity contribution in [2.75, 3.05) is 11.4 Å². The molecule has 29 heavy (non-hydrogen) atoms. The zero-order valence-corrected chi connectivity index (χ0v) is 16.4. The molecule has 1 fully saturated rings. The second kappa shape index (κ2) is 9.02.